The summed E-state index contributed by atoms with van der Waals surface area (Å²) in [7, 11) is -1.84. The van der Waals surface area contributed by atoms with Crippen molar-refractivity contribution < 1.29 is 13.2 Å². The van der Waals surface area contributed by atoms with Crippen molar-refractivity contribution >= 4 is 27.3 Å². The van der Waals surface area contributed by atoms with Gasteiger partial charge in [-0.25, -0.2) is 8.42 Å². The van der Waals surface area contributed by atoms with E-state index in [0.29, 0.717) is 28.9 Å². The van der Waals surface area contributed by atoms with Gasteiger partial charge in [0.05, 0.1) is 23.6 Å². The van der Waals surface area contributed by atoms with Crippen LogP contribution in [-0.4, -0.2) is 33.9 Å². The van der Waals surface area contributed by atoms with Crippen LogP contribution in [0.1, 0.15) is 25.7 Å². The van der Waals surface area contributed by atoms with Gasteiger partial charge in [0.1, 0.15) is 5.75 Å². The number of anilines is 1. The van der Waals surface area contributed by atoms with Gasteiger partial charge in [-0.15, -0.1) is 0 Å². The molecule has 1 saturated heterocycles. The molecule has 0 spiro atoms. The summed E-state index contributed by atoms with van der Waals surface area (Å²) in [4.78, 5) is 0. The zero-order chi connectivity index (χ0) is 15.3. The van der Waals surface area contributed by atoms with Gasteiger partial charge < -0.3 is 10.1 Å². The van der Waals surface area contributed by atoms with E-state index in [4.69, 9.17) is 16.3 Å². The second kappa shape index (κ2) is 7.33. The van der Waals surface area contributed by atoms with Crippen molar-refractivity contribution in [2.45, 2.75) is 31.7 Å². The first kappa shape index (κ1) is 16.4. The van der Waals surface area contributed by atoms with Crippen molar-refractivity contribution in [3.8, 4) is 5.75 Å². The number of halogens is 1. The molecule has 0 radical (unpaired) electrons. The fourth-order valence-corrected chi connectivity index (χ4v) is 3.87. The summed E-state index contributed by atoms with van der Waals surface area (Å²) in [5.74, 6) is 0.625. The average Bonchev–Trinajstić information content (AvgIpc) is 2.46. The van der Waals surface area contributed by atoms with E-state index in [9.17, 15) is 8.42 Å². The standard InChI is InChI=1S/C14H21ClN2O3S/c1-20-14-6-5-12(10-13(14)15)17-21(18,19)9-7-11-4-2-3-8-16-11/h5-6,10-11,16-17H,2-4,7-9H2,1H3. The molecule has 0 aromatic heterocycles. The highest BCUT2D eigenvalue weighted by Crippen LogP contribution is 2.27. The van der Waals surface area contributed by atoms with Gasteiger partial charge in [-0.1, -0.05) is 18.0 Å². The number of rotatable bonds is 6. The second-order valence-electron chi connectivity index (χ2n) is 5.21. The molecule has 2 N–H and O–H groups in total. The number of piperidine rings is 1. The summed E-state index contributed by atoms with van der Waals surface area (Å²) >= 11 is 5.99. The lowest BCUT2D eigenvalue weighted by Crippen LogP contribution is -2.36. The zero-order valence-corrected chi connectivity index (χ0v) is 13.6. The lowest BCUT2D eigenvalue weighted by atomic mass is 10.0. The highest BCUT2D eigenvalue weighted by atomic mass is 35.5. The van der Waals surface area contributed by atoms with E-state index < -0.39 is 10.0 Å². The molecule has 0 bridgehead atoms. The average molecular weight is 333 g/mol. The van der Waals surface area contributed by atoms with E-state index in [0.717, 1.165) is 13.0 Å². The van der Waals surface area contributed by atoms with Crippen molar-refractivity contribution in [3.05, 3.63) is 23.2 Å². The molecule has 0 aliphatic carbocycles. The first-order chi connectivity index (χ1) is 10.00. The van der Waals surface area contributed by atoms with Gasteiger partial charge in [-0.05, 0) is 44.0 Å². The summed E-state index contributed by atoms with van der Waals surface area (Å²) in [5.41, 5.74) is 0.456. The molecule has 1 aromatic rings. The van der Waals surface area contributed by atoms with Gasteiger partial charge in [0.25, 0.3) is 0 Å². The summed E-state index contributed by atoms with van der Waals surface area (Å²) in [5, 5.41) is 3.73. The highest BCUT2D eigenvalue weighted by molar-refractivity contribution is 7.92. The minimum absolute atomic E-state index is 0.105. The number of methoxy groups -OCH3 is 1. The molecule has 2 rings (SSSR count). The van der Waals surface area contributed by atoms with Crippen molar-refractivity contribution in [2.24, 2.45) is 0 Å². The number of sulfonamides is 1. The Balaban J connectivity index is 1.92. The number of hydrogen-bond acceptors (Lipinski definition) is 4. The second-order valence-corrected chi connectivity index (χ2v) is 7.45. The number of ether oxygens (including phenoxy) is 1. The smallest absolute Gasteiger partial charge is 0.232 e. The Hall–Kier alpha value is -0.980. The molecule has 1 heterocycles. The summed E-state index contributed by atoms with van der Waals surface area (Å²) in [6.07, 6.45) is 4.01. The molecule has 0 amide bonds. The van der Waals surface area contributed by atoms with E-state index in [-0.39, 0.29) is 5.75 Å². The van der Waals surface area contributed by atoms with Crippen LogP contribution in [0.15, 0.2) is 18.2 Å². The minimum atomic E-state index is -3.36. The molecule has 1 aliphatic heterocycles. The Morgan fingerprint density at radius 3 is 2.86 bits per heavy atom. The summed E-state index contributed by atoms with van der Waals surface area (Å²) in [6.45, 7) is 0.978. The molecule has 1 atom stereocenters. The van der Waals surface area contributed by atoms with Gasteiger partial charge in [0, 0.05) is 6.04 Å². The van der Waals surface area contributed by atoms with Crippen molar-refractivity contribution in [2.75, 3.05) is 24.1 Å². The number of benzene rings is 1. The third kappa shape index (κ3) is 5.05. The van der Waals surface area contributed by atoms with Crippen LogP contribution >= 0.6 is 11.6 Å². The van der Waals surface area contributed by atoms with Crippen LogP contribution in [0.25, 0.3) is 0 Å². The Labute approximate surface area is 131 Å². The fraction of sp³-hybridized carbons (Fsp3) is 0.571. The molecular weight excluding hydrogens is 312 g/mol. The maximum Gasteiger partial charge on any atom is 0.232 e. The first-order valence-electron chi connectivity index (χ1n) is 7.07. The topological polar surface area (TPSA) is 67.4 Å². The first-order valence-corrected chi connectivity index (χ1v) is 9.10. The highest BCUT2D eigenvalue weighted by Gasteiger charge is 2.17. The van der Waals surface area contributed by atoms with Crippen LogP contribution in [0.2, 0.25) is 5.02 Å². The predicted octanol–water partition coefficient (Wildman–Crippen LogP) is 2.62. The minimum Gasteiger partial charge on any atom is -0.495 e. The molecule has 1 fully saturated rings. The molecule has 118 valence electrons. The van der Waals surface area contributed by atoms with E-state index in [1.165, 1.54) is 20.0 Å². The van der Waals surface area contributed by atoms with Gasteiger partial charge in [-0.2, -0.15) is 0 Å². The Bertz CT molecular complexity index is 572. The number of nitrogens with one attached hydrogen (secondary N) is 2. The maximum absolute atomic E-state index is 12.1. The van der Waals surface area contributed by atoms with Crippen LogP contribution in [0.5, 0.6) is 5.75 Å². The molecule has 1 aromatic carbocycles. The Kier molecular flexibility index (Phi) is 5.72. The summed E-state index contributed by atoms with van der Waals surface area (Å²) < 4.78 is 31.8. The maximum atomic E-state index is 12.1. The van der Waals surface area contributed by atoms with Gasteiger partial charge >= 0.3 is 0 Å². The molecule has 0 saturated carbocycles. The van der Waals surface area contributed by atoms with Crippen molar-refractivity contribution in [1.29, 1.82) is 0 Å². The molecule has 7 heteroatoms. The normalized spacial score (nSPS) is 19.2. The van der Waals surface area contributed by atoms with E-state index in [1.54, 1.807) is 18.2 Å². The van der Waals surface area contributed by atoms with Crippen molar-refractivity contribution in [1.82, 2.24) is 5.32 Å². The van der Waals surface area contributed by atoms with Crippen molar-refractivity contribution in [3.63, 3.8) is 0 Å². The van der Waals surface area contributed by atoms with Crippen LogP contribution in [-0.2, 0) is 10.0 Å². The van der Waals surface area contributed by atoms with Crippen LogP contribution < -0.4 is 14.8 Å². The molecular formula is C14H21ClN2O3S. The monoisotopic (exact) mass is 332 g/mol. The van der Waals surface area contributed by atoms with Crippen LogP contribution in [0.3, 0.4) is 0 Å². The Morgan fingerprint density at radius 2 is 2.24 bits per heavy atom. The van der Waals surface area contributed by atoms with Gasteiger partial charge in [0.2, 0.25) is 10.0 Å². The largest absolute Gasteiger partial charge is 0.495 e. The SMILES string of the molecule is COc1ccc(NS(=O)(=O)CCC2CCCCN2)cc1Cl. The number of hydrogen-bond donors (Lipinski definition) is 2. The predicted molar refractivity (Wildman–Crippen MR) is 85.7 cm³/mol. The Morgan fingerprint density at radius 1 is 1.43 bits per heavy atom. The fourth-order valence-electron chi connectivity index (χ4n) is 2.43. The molecule has 1 aliphatic rings. The van der Waals surface area contributed by atoms with Crippen LogP contribution in [0.4, 0.5) is 5.69 Å². The quantitative estimate of drug-likeness (QED) is 0.840. The van der Waals surface area contributed by atoms with E-state index >= 15 is 0 Å². The summed E-state index contributed by atoms with van der Waals surface area (Å²) in [6, 6.07) is 5.13. The zero-order valence-electron chi connectivity index (χ0n) is 12.1. The molecule has 5 nitrogen and oxygen atoms in total. The van der Waals surface area contributed by atoms with E-state index in [2.05, 4.69) is 10.0 Å². The molecule has 21 heavy (non-hydrogen) atoms. The molecule has 1 unspecified atom stereocenters. The van der Waals surface area contributed by atoms with E-state index in [1.807, 2.05) is 0 Å². The van der Waals surface area contributed by atoms with Crippen LogP contribution in [0, 0.1) is 0 Å². The lowest BCUT2D eigenvalue weighted by Gasteiger charge is -2.23. The van der Waals surface area contributed by atoms with Gasteiger partial charge in [0.15, 0.2) is 0 Å². The third-order valence-corrected chi connectivity index (χ3v) is 5.19. The van der Waals surface area contributed by atoms with Gasteiger partial charge in [-0.3, -0.25) is 4.72 Å². The third-order valence-electron chi connectivity index (χ3n) is 3.57. The lowest BCUT2D eigenvalue weighted by molar-refractivity contribution is 0.393.